The van der Waals surface area contributed by atoms with Gasteiger partial charge in [0.25, 0.3) is 0 Å². The summed E-state index contributed by atoms with van der Waals surface area (Å²) >= 11 is 1.72. The Bertz CT molecular complexity index is 334. The molecule has 0 unspecified atom stereocenters. The molecule has 0 aromatic carbocycles. The predicted octanol–water partition coefficient (Wildman–Crippen LogP) is 2.95. The van der Waals surface area contributed by atoms with Gasteiger partial charge in [-0.1, -0.05) is 0 Å². The minimum absolute atomic E-state index is 0.262. The molecule has 1 saturated carbocycles. The van der Waals surface area contributed by atoms with Crippen LogP contribution in [0.5, 0.6) is 0 Å². The van der Waals surface area contributed by atoms with Gasteiger partial charge in [-0.2, -0.15) is 11.3 Å². The smallest absolute Gasteiger partial charge is 0.168 e. The maximum Gasteiger partial charge on any atom is 0.168 e. The first-order valence-corrected chi connectivity index (χ1v) is 7.21. The normalized spacial score (nSPS) is 24.5. The van der Waals surface area contributed by atoms with Crippen molar-refractivity contribution in [3.05, 3.63) is 22.4 Å². The zero-order chi connectivity index (χ0) is 11.6. The average Bonchev–Trinajstić information content (AvgIpc) is 3.01. The SMILES string of the molecule is c1cc(COC2CCC3(CC2)OCCO3)cs1. The van der Waals surface area contributed by atoms with E-state index in [1.165, 1.54) is 5.56 Å². The van der Waals surface area contributed by atoms with Gasteiger partial charge in [-0.3, -0.25) is 0 Å². The molecule has 2 aliphatic rings. The molecule has 1 aliphatic heterocycles. The van der Waals surface area contributed by atoms with Crippen LogP contribution < -0.4 is 0 Å². The third kappa shape index (κ3) is 2.71. The monoisotopic (exact) mass is 254 g/mol. The lowest BCUT2D eigenvalue weighted by Gasteiger charge is -2.35. The van der Waals surface area contributed by atoms with E-state index in [0.29, 0.717) is 6.10 Å². The average molecular weight is 254 g/mol. The molecule has 2 fully saturated rings. The molecule has 1 spiro atoms. The van der Waals surface area contributed by atoms with Crippen LogP contribution >= 0.6 is 11.3 Å². The summed E-state index contributed by atoms with van der Waals surface area (Å²) in [7, 11) is 0. The topological polar surface area (TPSA) is 27.7 Å². The van der Waals surface area contributed by atoms with Crippen molar-refractivity contribution in [1.29, 1.82) is 0 Å². The van der Waals surface area contributed by atoms with Crippen molar-refractivity contribution in [2.45, 2.75) is 44.2 Å². The second-order valence-corrected chi connectivity index (χ2v) is 5.53. The summed E-state index contributed by atoms with van der Waals surface area (Å²) in [6, 6.07) is 2.12. The van der Waals surface area contributed by atoms with Gasteiger partial charge in [-0.05, 0) is 35.2 Å². The highest BCUT2D eigenvalue weighted by Crippen LogP contribution is 2.36. The third-order valence-electron chi connectivity index (χ3n) is 3.57. The Kier molecular flexibility index (Phi) is 3.47. The molecule has 1 aromatic rings. The molecule has 0 bridgehead atoms. The van der Waals surface area contributed by atoms with Gasteiger partial charge in [0.15, 0.2) is 5.79 Å². The van der Waals surface area contributed by atoms with E-state index in [1.54, 1.807) is 11.3 Å². The third-order valence-corrected chi connectivity index (χ3v) is 4.31. The van der Waals surface area contributed by atoms with Crippen molar-refractivity contribution >= 4 is 11.3 Å². The molecular formula is C13H18O3S. The summed E-state index contributed by atoms with van der Waals surface area (Å²) in [6.07, 6.45) is 4.41. The molecule has 0 atom stereocenters. The van der Waals surface area contributed by atoms with Crippen LogP contribution in [0, 0.1) is 0 Å². The lowest BCUT2D eigenvalue weighted by atomic mass is 9.92. The van der Waals surface area contributed by atoms with Gasteiger partial charge in [0.2, 0.25) is 0 Å². The Morgan fingerprint density at radius 1 is 1.29 bits per heavy atom. The standard InChI is InChI=1S/C13H18O3S/c1-4-13(15-6-7-16-13)5-2-12(1)14-9-11-3-8-17-10-11/h3,8,10,12H,1-2,4-7,9H2. The van der Waals surface area contributed by atoms with Crippen LogP contribution in [0.15, 0.2) is 16.8 Å². The van der Waals surface area contributed by atoms with Gasteiger partial charge < -0.3 is 14.2 Å². The number of hydrogen-bond donors (Lipinski definition) is 0. The first-order chi connectivity index (χ1) is 8.36. The van der Waals surface area contributed by atoms with E-state index in [2.05, 4.69) is 16.8 Å². The highest BCUT2D eigenvalue weighted by atomic mass is 32.1. The van der Waals surface area contributed by atoms with Crippen LogP contribution in [0.25, 0.3) is 0 Å². The first kappa shape index (κ1) is 11.7. The fourth-order valence-corrected chi connectivity index (χ4v) is 3.23. The minimum atomic E-state index is -0.262. The van der Waals surface area contributed by atoms with Crippen LogP contribution in [0.2, 0.25) is 0 Å². The molecule has 0 amide bonds. The number of hydrogen-bond acceptors (Lipinski definition) is 4. The largest absolute Gasteiger partial charge is 0.374 e. The Morgan fingerprint density at radius 3 is 2.71 bits per heavy atom. The highest BCUT2D eigenvalue weighted by molar-refractivity contribution is 7.07. The molecule has 1 saturated heterocycles. The van der Waals surface area contributed by atoms with Crippen molar-refractivity contribution in [3.63, 3.8) is 0 Å². The van der Waals surface area contributed by atoms with Gasteiger partial charge in [-0.25, -0.2) is 0 Å². The molecule has 1 aromatic heterocycles. The van der Waals surface area contributed by atoms with E-state index in [9.17, 15) is 0 Å². The summed E-state index contributed by atoms with van der Waals surface area (Å²) < 4.78 is 17.3. The number of ether oxygens (including phenoxy) is 3. The maximum absolute atomic E-state index is 5.93. The highest BCUT2D eigenvalue weighted by Gasteiger charge is 2.40. The Balaban J connectivity index is 1.45. The molecule has 2 heterocycles. The van der Waals surface area contributed by atoms with Gasteiger partial charge >= 0.3 is 0 Å². The van der Waals surface area contributed by atoms with Crippen molar-refractivity contribution in [3.8, 4) is 0 Å². The van der Waals surface area contributed by atoms with Gasteiger partial charge in [-0.15, -0.1) is 0 Å². The predicted molar refractivity (Wildman–Crippen MR) is 66.0 cm³/mol. The Labute approximate surface area is 106 Å². The summed E-state index contributed by atoms with van der Waals surface area (Å²) in [5, 5.41) is 4.24. The molecular weight excluding hydrogens is 236 g/mol. The van der Waals surface area contributed by atoms with Gasteiger partial charge in [0, 0.05) is 12.8 Å². The lowest BCUT2D eigenvalue weighted by molar-refractivity contribution is -0.192. The van der Waals surface area contributed by atoms with Crippen LogP contribution in [-0.2, 0) is 20.8 Å². The fourth-order valence-electron chi connectivity index (χ4n) is 2.57. The van der Waals surface area contributed by atoms with Gasteiger partial charge in [0.1, 0.15) is 0 Å². The van der Waals surface area contributed by atoms with E-state index in [4.69, 9.17) is 14.2 Å². The second-order valence-electron chi connectivity index (χ2n) is 4.75. The van der Waals surface area contributed by atoms with E-state index in [1.807, 2.05) is 0 Å². The summed E-state index contributed by atoms with van der Waals surface area (Å²) in [4.78, 5) is 0. The molecule has 17 heavy (non-hydrogen) atoms. The van der Waals surface area contributed by atoms with Crippen LogP contribution in [0.3, 0.4) is 0 Å². The van der Waals surface area contributed by atoms with Crippen molar-refractivity contribution in [2.24, 2.45) is 0 Å². The number of rotatable bonds is 3. The quantitative estimate of drug-likeness (QED) is 0.830. The number of thiophene rings is 1. The summed E-state index contributed by atoms with van der Waals surface area (Å²) in [5.41, 5.74) is 1.28. The van der Waals surface area contributed by atoms with Crippen molar-refractivity contribution < 1.29 is 14.2 Å². The molecule has 0 radical (unpaired) electrons. The van der Waals surface area contributed by atoms with E-state index >= 15 is 0 Å². The Morgan fingerprint density at radius 2 is 2.06 bits per heavy atom. The molecule has 1 aliphatic carbocycles. The van der Waals surface area contributed by atoms with Crippen molar-refractivity contribution in [2.75, 3.05) is 13.2 Å². The van der Waals surface area contributed by atoms with E-state index < -0.39 is 0 Å². The van der Waals surface area contributed by atoms with Crippen LogP contribution in [-0.4, -0.2) is 25.1 Å². The molecule has 3 rings (SSSR count). The molecule has 4 heteroatoms. The minimum Gasteiger partial charge on any atom is -0.374 e. The maximum atomic E-state index is 5.93. The first-order valence-electron chi connectivity index (χ1n) is 6.27. The van der Waals surface area contributed by atoms with Crippen LogP contribution in [0.4, 0.5) is 0 Å². The Hall–Kier alpha value is -0.420. The van der Waals surface area contributed by atoms with E-state index in [-0.39, 0.29) is 5.79 Å². The van der Waals surface area contributed by atoms with Crippen LogP contribution in [0.1, 0.15) is 31.2 Å². The zero-order valence-electron chi connectivity index (χ0n) is 9.89. The zero-order valence-corrected chi connectivity index (χ0v) is 10.7. The summed E-state index contributed by atoms with van der Waals surface area (Å²) in [5.74, 6) is -0.262. The second kappa shape index (κ2) is 5.06. The van der Waals surface area contributed by atoms with Crippen molar-refractivity contribution in [1.82, 2.24) is 0 Å². The van der Waals surface area contributed by atoms with E-state index in [0.717, 1.165) is 45.5 Å². The molecule has 3 nitrogen and oxygen atoms in total. The lowest BCUT2D eigenvalue weighted by Crippen LogP contribution is -2.37. The molecule has 0 N–H and O–H groups in total. The molecule has 94 valence electrons. The fraction of sp³-hybridized carbons (Fsp3) is 0.692. The van der Waals surface area contributed by atoms with Gasteiger partial charge in [0.05, 0.1) is 25.9 Å². The summed E-state index contributed by atoms with van der Waals surface area (Å²) in [6.45, 7) is 2.24.